The van der Waals surface area contributed by atoms with Crippen molar-refractivity contribution in [3.8, 4) is 0 Å². The van der Waals surface area contributed by atoms with E-state index in [0.717, 1.165) is 16.0 Å². The van der Waals surface area contributed by atoms with Gasteiger partial charge < -0.3 is 5.32 Å². The lowest BCUT2D eigenvalue weighted by molar-refractivity contribution is 0.101. The molecule has 0 spiro atoms. The van der Waals surface area contributed by atoms with Gasteiger partial charge >= 0.3 is 0 Å². The number of ketones is 1. The number of rotatable bonds is 6. The minimum Gasteiger partial charge on any atom is -0.322 e. The molecule has 0 bridgehead atoms. The monoisotopic (exact) mass is 395 g/mol. The van der Waals surface area contributed by atoms with E-state index in [1.807, 2.05) is 55.5 Å². The highest BCUT2D eigenvalue weighted by atomic mass is 35.5. The molecule has 0 saturated carbocycles. The molecule has 5 heteroatoms. The Labute approximate surface area is 167 Å². The van der Waals surface area contributed by atoms with E-state index in [4.69, 9.17) is 11.6 Å². The molecule has 0 aliphatic rings. The third kappa shape index (κ3) is 5.46. The van der Waals surface area contributed by atoms with Crippen LogP contribution in [-0.2, 0) is 0 Å². The van der Waals surface area contributed by atoms with Crippen molar-refractivity contribution >= 4 is 40.7 Å². The molecule has 0 aliphatic heterocycles. The molecule has 0 aromatic heterocycles. The predicted molar refractivity (Wildman–Crippen MR) is 112 cm³/mol. The maximum absolute atomic E-state index is 12.2. The van der Waals surface area contributed by atoms with E-state index in [9.17, 15) is 9.59 Å². The van der Waals surface area contributed by atoms with Crippen LogP contribution >= 0.6 is 23.4 Å². The normalized spacial score (nSPS) is 10.4. The maximum atomic E-state index is 12.2. The number of amides is 1. The van der Waals surface area contributed by atoms with Crippen molar-refractivity contribution in [2.75, 3.05) is 11.1 Å². The smallest absolute Gasteiger partial charge is 0.255 e. The van der Waals surface area contributed by atoms with Gasteiger partial charge in [-0.2, -0.15) is 0 Å². The van der Waals surface area contributed by atoms with Gasteiger partial charge in [-0.15, -0.1) is 11.8 Å². The van der Waals surface area contributed by atoms with Crippen molar-refractivity contribution in [3.63, 3.8) is 0 Å². The van der Waals surface area contributed by atoms with E-state index in [2.05, 4.69) is 5.32 Å². The van der Waals surface area contributed by atoms with Crippen LogP contribution in [0.15, 0.2) is 77.7 Å². The summed E-state index contributed by atoms with van der Waals surface area (Å²) >= 11 is 7.39. The zero-order valence-corrected chi connectivity index (χ0v) is 16.3. The fourth-order valence-corrected chi connectivity index (χ4v) is 3.42. The summed E-state index contributed by atoms with van der Waals surface area (Å²) in [6.07, 6.45) is 0. The van der Waals surface area contributed by atoms with E-state index in [0.29, 0.717) is 22.0 Å². The molecule has 3 nitrogen and oxygen atoms in total. The fraction of sp³-hybridized carbons (Fsp3) is 0.0909. The Morgan fingerprint density at radius 3 is 2.30 bits per heavy atom. The summed E-state index contributed by atoms with van der Waals surface area (Å²) in [4.78, 5) is 25.4. The van der Waals surface area contributed by atoms with Gasteiger partial charge in [0.1, 0.15) is 0 Å². The lowest BCUT2D eigenvalue weighted by Gasteiger charge is -2.07. The first kappa shape index (κ1) is 19.2. The van der Waals surface area contributed by atoms with Crippen LogP contribution < -0.4 is 5.32 Å². The summed E-state index contributed by atoms with van der Waals surface area (Å²) in [5, 5.41) is 3.36. The van der Waals surface area contributed by atoms with Crippen molar-refractivity contribution in [2.24, 2.45) is 0 Å². The third-order valence-corrected chi connectivity index (χ3v) is 5.19. The summed E-state index contributed by atoms with van der Waals surface area (Å²) in [6, 6.07) is 21.8. The minimum absolute atomic E-state index is 0.0957. The zero-order valence-electron chi connectivity index (χ0n) is 14.7. The molecular formula is C22H18ClNO2S. The quantitative estimate of drug-likeness (QED) is 0.419. The van der Waals surface area contributed by atoms with Gasteiger partial charge in [0.05, 0.1) is 5.75 Å². The molecule has 27 heavy (non-hydrogen) atoms. The van der Waals surface area contributed by atoms with Crippen molar-refractivity contribution < 1.29 is 9.59 Å². The molecule has 0 aliphatic carbocycles. The van der Waals surface area contributed by atoms with Crippen molar-refractivity contribution in [1.29, 1.82) is 0 Å². The molecule has 3 rings (SSSR count). The van der Waals surface area contributed by atoms with Crippen LogP contribution in [-0.4, -0.2) is 17.4 Å². The topological polar surface area (TPSA) is 46.2 Å². The van der Waals surface area contributed by atoms with Crippen molar-refractivity contribution in [1.82, 2.24) is 0 Å². The van der Waals surface area contributed by atoms with Crippen molar-refractivity contribution in [2.45, 2.75) is 11.8 Å². The Kier molecular flexibility index (Phi) is 6.32. The summed E-state index contributed by atoms with van der Waals surface area (Å²) in [6.45, 7) is 2.00. The number of aryl methyl sites for hydroxylation is 1. The molecule has 3 aromatic carbocycles. The number of thioether (sulfide) groups is 1. The van der Waals surface area contributed by atoms with Gasteiger partial charge in [-0.25, -0.2) is 0 Å². The van der Waals surface area contributed by atoms with E-state index >= 15 is 0 Å². The summed E-state index contributed by atoms with van der Waals surface area (Å²) < 4.78 is 0. The molecule has 0 saturated heterocycles. The predicted octanol–water partition coefficient (Wildman–Crippen LogP) is 5.88. The Morgan fingerprint density at radius 2 is 1.63 bits per heavy atom. The van der Waals surface area contributed by atoms with Crippen LogP contribution in [0.4, 0.5) is 5.69 Å². The van der Waals surface area contributed by atoms with Gasteiger partial charge in [0.15, 0.2) is 5.78 Å². The molecule has 0 fully saturated rings. The van der Waals surface area contributed by atoms with Gasteiger partial charge in [-0.1, -0.05) is 47.5 Å². The average Bonchev–Trinajstić information content (AvgIpc) is 2.68. The number of benzene rings is 3. The Hall–Kier alpha value is -2.56. The molecule has 3 aromatic rings. The van der Waals surface area contributed by atoms with Crippen LogP contribution in [0.25, 0.3) is 0 Å². The van der Waals surface area contributed by atoms with E-state index in [1.54, 1.807) is 24.3 Å². The Morgan fingerprint density at radius 1 is 0.926 bits per heavy atom. The Bertz CT molecular complexity index is 953. The second kappa shape index (κ2) is 8.89. The zero-order chi connectivity index (χ0) is 19.2. The molecule has 0 atom stereocenters. The number of hydrogen-bond donors (Lipinski definition) is 1. The molecule has 136 valence electrons. The molecule has 0 radical (unpaired) electrons. The SMILES string of the molecule is Cc1ccc(C(=O)CSc2ccc(NC(=O)c3cccc(Cl)c3)cc2)cc1. The van der Waals surface area contributed by atoms with E-state index in [1.165, 1.54) is 11.8 Å². The van der Waals surface area contributed by atoms with Crippen LogP contribution in [0.1, 0.15) is 26.3 Å². The Balaban J connectivity index is 1.56. The van der Waals surface area contributed by atoms with Gasteiger partial charge in [0.25, 0.3) is 5.91 Å². The molecule has 1 amide bonds. The number of anilines is 1. The number of halogens is 1. The average molecular weight is 396 g/mol. The fourth-order valence-electron chi connectivity index (χ4n) is 2.44. The third-order valence-electron chi connectivity index (χ3n) is 3.94. The molecule has 0 heterocycles. The number of nitrogens with one attached hydrogen (secondary N) is 1. The summed E-state index contributed by atoms with van der Waals surface area (Å²) in [5.41, 5.74) is 3.05. The van der Waals surface area contributed by atoms with Gasteiger partial charge in [-0.05, 0) is 49.4 Å². The van der Waals surface area contributed by atoms with Crippen LogP contribution in [0, 0.1) is 6.92 Å². The first-order valence-corrected chi connectivity index (χ1v) is 9.77. The first-order chi connectivity index (χ1) is 13.0. The van der Waals surface area contributed by atoms with E-state index in [-0.39, 0.29) is 11.7 Å². The maximum Gasteiger partial charge on any atom is 0.255 e. The highest BCUT2D eigenvalue weighted by molar-refractivity contribution is 8.00. The number of Topliss-reactive ketones (excluding diaryl/α,β-unsaturated/α-hetero) is 1. The van der Waals surface area contributed by atoms with Gasteiger partial charge in [0, 0.05) is 26.7 Å². The first-order valence-electron chi connectivity index (χ1n) is 8.41. The minimum atomic E-state index is -0.215. The number of carbonyl (C=O) groups excluding carboxylic acids is 2. The summed E-state index contributed by atoms with van der Waals surface area (Å²) in [5.74, 6) is 0.253. The largest absolute Gasteiger partial charge is 0.322 e. The summed E-state index contributed by atoms with van der Waals surface area (Å²) in [7, 11) is 0. The standard InChI is InChI=1S/C22H18ClNO2S/c1-15-5-7-16(8-6-15)21(25)14-27-20-11-9-19(10-12-20)24-22(26)17-3-2-4-18(23)13-17/h2-13H,14H2,1H3,(H,24,26). The molecular weight excluding hydrogens is 378 g/mol. The second-order valence-electron chi connectivity index (χ2n) is 6.07. The lowest BCUT2D eigenvalue weighted by atomic mass is 10.1. The van der Waals surface area contributed by atoms with Crippen LogP contribution in [0.5, 0.6) is 0 Å². The van der Waals surface area contributed by atoms with Crippen LogP contribution in [0.3, 0.4) is 0 Å². The molecule has 1 N–H and O–H groups in total. The molecule has 0 unspecified atom stereocenters. The van der Waals surface area contributed by atoms with Crippen molar-refractivity contribution in [3.05, 3.63) is 94.5 Å². The van der Waals surface area contributed by atoms with E-state index < -0.39 is 0 Å². The van der Waals surface area contributed by atoms with Crippen LogP contribution in [0.2, 0.25) is 5.02 Å². The lowest BCUT2D eigenvalue weighted by Crippen LogP contribution is -2.11. The second-order valence-corrected chi connectivity index (χ2v) is 7.55. The highest BCUT2D eigenvalue weighted by Crippen LogP contribution is 2.22. The number of hydrogen-bond acceptors (Lipinski definition) is 3. The van der Waals surface area contributed by atoms with Gasteiger partial charge in [0.2, 0.25) is 0 Å². The highest BCUT2D eigenvalue weighted by Gasteiger charge is 2.08. The number of carbonyl (C=O) groups is 2. The van der Waals surface area contributed by atoms with Gasteiger partial charge in [-0.3, -0.25) is 9.59 Å².